The fourth-order valence-corrected chi connectivity index (χ4v) is 3.44. The van der Waals surface area contributed by atoms with Crippen LogP contribution in [0.25, 0.3) is 0 Å². The van der Waals surface area contributed by atoms with Crippen molar-refractivity contribution in [2.75, 3.05) is 13.6 Å². The van der Waals surface area contributed by atoms with E-state index >= 15 is 0 Å². The Morgan fingerprint density at radius 3 is 2.27 bits per heavy atom. The van der Waals surface area contributed by atoms with E-state index in [1.54, 1.807) is 0 Å². The second kappa shape index (κ2) is 4.42. The van der Waals surface area contributed by atoms with Crippen LogP contribution in [0.2, 0.25) is 0 Å². The van der Waals surface area contributed by atoms with Gasteiger partial charge in [0.1, 0.15) is 0 Å². The molecule has 15 heavy (non-hydrogen) atoms. The molecule has 2 fully saturated rings. The standard InChI is InChI=1S/C13H26N2/c1-10(2)15-9-11(3)14(4)12-7-5-6-8-13(12)15/h10-13H,5-9H2,1-4H3. The summed E-state index contributed by atoms with van der Waals surface area (Å²) in [6.45, 7) is 8.34. The average Bonchev–Trinajstić information content (AvgIpc) is 2.23. The molecule has 0 aromatic carbocycles. The molecule has 1 heterocycles. The summed E-state index contributed by atoms with van der Waals surface area (Å²) in [5.74, 6) is 0. The molecule has 2 heteroatoms. The van der Waals surface area contributed by atoms with Gasteiger partial charge in [-0.15, -0.1) is 0 Å². The third-order valence-electron chi connectivity index (χ3n) is 4.48. The van der Waals surface area contributed by atoms with Crippen LogP contribution in [0.5, 0.6) is 0 Å². The Bertz CT molecular complexity index is 213. The summed E-state index contributed by atoms with van der Waals surface area (Å²) >= 11 is 0. The zero-order chi connectivity index (χ0) is 11.0. The third kappa shape index (κ3) is 2.07. The van der Waals surface area contributed by atoms with Crippen LogP contribution in [-0.4, -0.2) is 47.6 Å². The van der Waals surface area contributed by atoms with Gasteiger partial charge in [-0.25, -0.2) is 0 Å². The summed E-state index contributed by atoms with van der Waals surface area (Å²) < 4.78 is 0. The molecule has 2 nitrogen and oxygen atoms in total. The van der Waals surface area contributed by atoms with Gasteiger partial charge in [-0.05, 0) is 40.7 Å². The lowest BCUT2D eigenvalue weighted by atomic mass is 9.84. The van der Waals surface area contributed by atoms with Crippen molar-refractivity contribution in [3.8, 4) is 0 Å². The first kappa shape index (κ1) is 11.4. The number of nitrogens with zero attached hydrogens (tertiary/aromatic N) is 2. The van der Waals surface area contributed by atoms with E-state index in [0.717, 1.165) is 18.1 Å². The molecule has 1 aliphatic heterocycles. The lowest BCUT2D eigenvalue weighted by Gasteiger charge is -2.53. The molecule has 1 aliphatic carbocycles. The normalized spacial score (nSPS) is 39.4. The molecule has 3 atom stereocenters. The predicted octanol–water partition coefficient (Wildman–Crippen LogP) is 2.34. The Kier molecular flexibility index (Phi) is 3.36. The van der Waals surface area contributed by atoms with Gasteiger partial charge >= 0.3 is 0 Å². The Hall–Kier alpha value is -0.0800. The molecule has 0 N–H and O–H groups in total. The average molecular weight is 210 g/mol. The molecule has 0 aromatic rings. The van der Waals surface area contributed by atoms with Crippen molar-refractivity contribution >= 4 is 0 Å². The van der Waals surface area contributed by atoms with E-state index < -0.39 is 0 Å². The number of likely N-dealkylation sites (N-methyl/N-ethyl adjacent to an activating group) is 1. The number of hydrogen-bond donors (Lipinski definition) is 0. The maximum absolute atomic E-state index is 2.74. The zero-order valence-electron chi connectivity index (χ0n) is 10.7. The molecule has 0 amide bonds. The van der Waals surface area contributed by atoms with Crippen molar-refractivity contribution in [3.05, 3.63) is 0 Å². The van der Waals surface area contributed by atoms with Gasteiger partial charge < -0.3 is 0 Å². The monoisotopic (exact) mass is 210 g/mol. The van der Waals surface area contributed by atoms with Gasteiger partial charge in [-0.2, -0.15) is 0 Å². The lowest BCUT2D eigenvalue weighted by Crippen LogP contribution is -2.64. The Morgan fingerprint density at radius 1 is 1.07 bits per heavy atom. The van der Waals surface area contributed by atoms with Crippen molar-refractivity contribution in [3.63, 3.8) is 0 Å². The van der Waals surface area contributed by atoms with E-state index in [1.165, 1.54) is 32.2 Å². The van der Waals surface area contributed by atoms with Crippen LogP contribution >= 0.6 is 0 Å². The summed E-state index contributed by atoms with van der Waals surface area (Å²) in [5.41, 5.74) is 0. The van der Waals surface area contributed by atoms with Crippen LogP contribution in [0.3, 0.4) is 0 Å². The molecular formula is C13H26N2. The van der Waals surface area contributed by atoms with E-state index in [9.17, 15) is 0 Å². The summed E-state index contributed by atoms with van der Waals surface area (Å²) in [6.07, 6.45) is 5.70. The van der Waals surface area contributed by atoms with Gasteiger partial charge in [0.05, 0.1) is 0 Å². The predicted molar refractivity (Wildman–Crippen MR) is 65.1 cm³/mol. The highest BCUT2D eigenvalue weighted by Crippen LogP contribution is 2.32. The quantitative estimate of drug-likeness (QED) is 0.655. The molecular weight excluding hydrogens is 184 g/mol. The maximum Gasteiger partial charge on any atom is 0.0254 e. The summed E-state index contributed by atoms with van der Waals surface area (Å²) in [5, 5.41) is 0. The van der Waals surface area contributed by atoms with Crippen LogP contribution in [0.1, 0.15) is 46.5 Å². The Balaban J connectivity index is 2.14. The van der Waals surface area contributed by atoms with E-state index in [0.29, 0.717) is 6.04 Å². The van der Waals surface area contributed by atoms with E-state index in [-0.39, 0.29) is 0 Å². The van der Waals surface area contributed by atoms with Gasteiger partial charge in [0.25, 0.3) is 0 Å². The highest BCUT2D eigenvalue weighted by atomic mass is 15.3. The molecule has 0 radical (unpaired) electrons. The third-order valence-corrected chi connectivity index (χ3v) is 4.48. The lowest BCUT2D eigenvalue weighted by molar-refractivity contribution is -0.0360. The van der Waals surface area contributed by atoms with Crippen molar-refractivity contribution < 1.29 is 0 Å². The number of hydrogen-bond acceptors (Lipinski definition) is 2. The fraction of sp³-hybridized carbons (Fsp3) is 1.00. The molecule has 88 valence electrons. The SMILES string of the molecule is CC1CN(C(C)C)C2CCCCC2N1C. The molecule has 2 aliphatic rings. The van der Waals surface area contributed by atoms with Gasteiger partial charge in [-0.3, -0.25) is 9.80 Å². The molecule has 0 spiro atoms. The second-order valence-corrected chi connectivity index (χ2v) is 5.72. The molecule has 0 aromatic heterocycles. The summed E-state index contributed by atoms with van der Waals surface area (Å²) in [6, 6.07) is 3.10. The largest absolute Gasteiger partial charge is 0.298 e. The first-order valence-electron chi connectivity index (χ1n) is 6.59. The topological polar surface area (TPSA) is 6.48 Å². The number of piperazine rings is 1. The maximum atomic E-state index is 2.74. The first-order chi connectivity index (χ1) is 7.11. The number of rotatable bonds is 1. The minimum absolute atomic E-state index is 0.715. The van der Waals surface area contributed by atoms with Crippen molar-refractivity contribution in [2.24, 2.45) is 0 Å². The van der Waals surface area contributed by atoms with Crippen LogP contribution in [0, 0.1) is 0 Å². The summed E-state index contributed by atoms with van der Waals surface area (Å²) in [7, 11) is 2.32. The van der Waals surface area contributed by atoms with Crippen LogP contribution in [-0.2, 0) is 0 Å². The highest BCUT2D eigenvalue weighted by Gasteiger charge is 2.39. The molecule has 2 rings (SSSR count). The van der Waals surface area contributed by atoms with Gasteiger partial charge in [-0.1, -0.05) is 12.8 Å². The van der Waals surface area contributed by atoms with Crippen LogP contribution in [0.4, 0.5) is 0 Å². The van der Waals surface area contributed by atoms with E-state index in [4.69, 9.17) is 0 Å². The van der Waals surface area contributed by atoms with Gasteiger partial charge in [0.15, 0.2) is 0 Å². The van der Waals surface area contributed by atoms with Crippen LogP contribution in [0.15, 0.2) is 0 Å². The molecule has 1 saturated carbocycles. The minimum Gasteiger partial charge on any atom is -0.298 e. The Morgan fingerprint density at radius 2 is 1.67 bits per heavy atom. The number of fused-ring (bicyclic) bond motifs is 1. The van der Waals surface area contributed by atoms with E-state index in [1.807, 2.05) is 0 Å². The smallest absolute Gasteiger partial charge is 0.0254 e. The minimum atomic E-state index is 0.715. The second-order valence-electron chi connectivity index (χ2n) is 5.72. The molecule has 0 bridgehead atoms. The fourth-order valence-electron chi connectivity index (χ4n) is 3.44. The van der Waals surface area contributed by atoms with Crippen LogP contribution < -0.4 is 0 Å². The van der Waals surface area contributed by atoms with E-state index in [2.05, 4.69) is 37.6 Å². The summed E-state index contributed by atoms with van der Waals surface area (Å²) in [4.78, 5) is 5.37. The van der Waals surface area contributed by atoms with Gasteiger partial charge in [0.2, 0.25) is 0 Å². The van der Waals surface area contributed by atoms with Gasteiger partial charge in [0, 0.05) is 30.7 Å². The zero-order valence-corrected chi connectivity index (χ0v) is 10.7. The Labute approximate surface area is 94.6 Å². The van der Waals surface area contributed by atoms with Crippen molar-refractivity contribution in [1.82, 2.24) is 9.80 Å². The highest BCUT2D eigenvalue weighted by molar-refractivity contribution is 4.96. The molecule has 3 unspecified atom stereocenters. The van der Waals surface area contributed by atoms with Crippen molar-refractivity contribution in [2.45, 2.75) is 70.6 Å². The first-order valence-corrected chi connectivity index (χ1v) is 6.59. The van der Waals surface area contributed by atoms with Crippen molar-refractivity contribution in [1.29, 1.82) is 0 Å². The molecule has 1 saturated heterocycles.